The highest BCUT2D eigenvalue weighted by molar-refractivity contribution is 5.70. The summed E-state index contributed by atoms with van der Waals surface area (Å²) in [7, 11) is 0. The summed E-state index contributed by atoms with van der Waals surface area (Å²) in [6.45, 7) is 3.93. The summed E-state index contributed by atoms with van der Waals surface area (Å²) in [6.07, 6.45) is 100. The maximum atomic E-state index is 12.4. The van der Waals surface area contributed by atoms with Gasteiger partial charge in [-0.15, -0.1) is 0 Å². The molecule has 0 aliphatic heterocycles. The first-order chi connectivity index (χ1) is 38.6. The molecule has 0 aromatic heterocycles. The van der Waals surface area contributed by atoms with E-state index in [-0.39, 0.29) is 25.2 Å². The van der Waals surface area contributed by atoms with Crippen LogP contribution in [0.5, 0.6) is 0 Å². The molecule has 0 saturated heterocycles. The van der Waals surface area contributed by atoms with Crippen LogP contribution >= 0.6 is 0 Å². The van der Waals surface area contributed by atoms with Crippen LogP contribution in [0.3, 0.4) is 0 Å². The highest BCUT2D eigenvalue weighted by Gasteiger charge is 2.16. The number of carbonyl (C=O) groups excluding carboxylic acids is 2. The Kier molecular flexibility index (Phi) is 63.9. The van der Waals surface area contributed by atoms with Crippen molar-refractivity contribution in [1.82, 2.24) is 0 Å². The first-order valence-electron chi connectivity index (χ1n) is 32.7. The van der Waals surface area contributed by atoms with Gasteiger partial charge in [-0.3, -0.25) is 9.59 Å². The molecule has 1 unspecified atom stereocenters. The van der Waals surface area contributed by atoms with Crippen LogP contribution in [0.2, 0.25) is 0 Å². The monoisotopic (exact) mass is 1080 g/mol. The van der Waals surface area contributed by atoms with Crippen LogP contribution in [0.4, 0.5) is 0 Å². The van der Waals surface area contributed by atoms with Crippen LogP contribution in [-0.2, 0) is 19.1 Å². The molecule has 0 aromatic carbocycles. The molecule has 1 atom stereocenters. The quantitative estimate of drug-likeness (QED) is 0.0373. The third-order valence-corrected chi connectivity index (χ3v) is 13.9. The molecule has 0 aliphatic rings. The number of allylic oxidation sites excluding steroid dienone is 22. The van der Waals surface area contributed by atoms with Crippen LogP contribution in [-0.4, -0.2) is 36.4 Å². The van der Waals surface area contributed by atoms with Crippen molar-refractivity contribution in [3.05, 3.63) is 134 Å². The molecule has 0 bridgehead atoms. The fourth-order valence-corrected chi connectivity index (χ4v) is 9.12. The molecule has 0 rings (SSSR count). The number of aliphatic hydroxyl groups excluding tert-OH is 1. The van der Waals surface area contributed by atoms with Gasteiger partial charge in [0.15, 0.2) is 6.10 Å². The number of carbonyl (C=O) groups is 2. The highest BCUT2D eigenvalue weighted by atomic mass is 16.6. The highest BCUT2D eigenvalue weighted by Crippen LogP contribution is 2.17. The van der Waals surface area contributed by atoms with E-state index in [1.807, 2.05) is 0 Å². The number of unbranched alkanes of at least 4 members (excludes halogenated alkanes) is 29. The third kappa shape index (κ3) is 64.6. The third-order valence-electron chi connectivity index (χ3n) is 13.9. The van der Waals surface area contributed by atoms with Crippen LogP contribution < -0.4 is 0 Å². The van der Waals surface area contributed by atoms with E-state index in [1.165, 1.54) is 161 Å². The Morgan fingerprint density at radius 3 is 0.769 bits per heavy atom. The predicted molar refractivity (Wildman–Crippen MR) is 343 cm³/mol. The summed E-state index contributed by atoms with van der Waals surface area (Å²) in [5, 5.41) is 9.69. The van der Waals surface area contributed by atoms with Gasteiger partial charge in [-0.2, -0.15) is 0 Å². The number of hydrogen-bond donors (Lipinski definition) is 1. The zero-order valence-electron chi connectivity index (χ0n) is 50.9. The Morgan fingerprint density at radius 2 is 0.513 bits per heavy atom. The average molecular weight is 1080 g/mol. The lowest BCUT2D eigenvalue weighted by atomic mass is 10.0. The minimum atomic E-state index is -0.782. The van der Waals surface area contributed by atoms with Crippen molar-refractivity contribution < 1.29 is 24.2 Å². The molecule has 1 N–H and O–H groups in total. The molecule has 444 valence electrons. The minimum Gasteiger partial charge on any atom is -0.462 e. The molecule has 0 radical (unpaired) electrons. The van der Waals surface area contributed by atoms with Crippen LogP contribution in [0.1, 0.15) is 296 Å². The van der Waals surface area contributed by atoms with Gasteiger partial charge in [-0.05, 0) is 109 Å². The van der Waals surface area contributed by atoms with E-state index >= 15 is 0 Å². The molecule has 0 heterocycles. The molecule has 5 nitrogen and oxygen atoms in total. The largest absolute Gasteiger partial charge is 0.462 e. The van der Waals surface area contributed by atoms with E-state index in [9.17, 15) is 14.7 Å². The second-order valence-corrected chi connectivity index (χ2v) is 21.4. The van der Waals surface area contributed by atoms with Gasteiger partial charge < -0.3 is 14.6 Å². The summed E-state index contributed by atoms with van der Waals surface area (Å²) in [4.78, 5) is 24.6. The molecule has 0 aromatic rings. The SMILES string of the molecule is CC/C=C\C/C=C\C/C=C\C/C=C\C/C=C\C/C=C\CCCCCCCCCCCCCCC(=O)OC(CO)COC(=O)CCCCCCCCCCCCCCCCCCC/C=C\C/C=C\C/C=C\C/C=C\C/C=C\CC. The lowest BCUT2D eigenvalue weighted by Crippen LogP contribution is -2.28. The van der Waals surface area contributed by atoms with Crippen molar-refractivity contribution in [3.63, 3.8) is 0 Å². The van der Waals surface area contributed by atoms with Crippen molar-refractivity contribution in [2.45, 2.75) is 302 Å². The average Bonchev–Trinajstić information content (AvgIpc) is 3.44. The second-order valence-electron chi connectivity index (χ2n) is 21.4. The normalized spacial score (nSPS) is 13.1. The second kappa shape index (κ2) is 67.3. The van der Waals surface area contributed by atoms with Gasteiger partial charge in [0.25, 0.3) is 0 Å². The topological polar surface area (TPSA) is 72.8 Å². The van der Waals surface area contributed by atoms with Crippen molar-refractivity contribution in [1.29, 1.82) is 0 Å². The van der Waals surface area contributed by atoms with Crippen LogP contribution in [0.25, 0.3) is 0 Å². The molecular weight excluding hydrogens is 957 g/mol. The maximum Gasteiger partial charge on any atom is 0.306 e. The van der Waals surface area contributed by atoms with Gasteiger partial charge in [0.1, 0.15) is 6.61 Å². The van der Waals surface area contributed by atoms with Crippen molar-refractivity contribution in [2.24, 2.45) is 0 Å². The summed E-state index contributed by atoms with van der Waals surface area (Å²) in [5.74, 6) is -0.589. The van der Waals surface area contributed by atoms with Crippen molar-refractivity contribution in [3.8, 4) is 0 Å². The van der Waals surface area contributed by atoms with E-state index in [2.05, 4.69) is 148 Å². The molecule has 0 spiro atoms. The lowest BCUT2D eigenvalue weighted by Gasteiger charge is -2.15. The first-order valence-corrected chi connectivity index (χ1v) is 32.7. The van der Waals surface area contributed by atoms with Crippen molar-refractivity contribution in [2.75, 3.05) is 13.2 Å². The Labute approximate surface area is 483 Å². The van der Waals surface area contributed by atoms with Gasteiger partial charge in [0.05, 0.1) is 6.61 Å². The molecular formula is C73H122O5. The Balaban J connectivity index is 3.49. The summed E-state index contributed by atoms with van der Waals surface area (Å²) in [5.41, 5.74) is 0. The lowest BCUT2D eigenvalue weighted by molar-refractivity contribution is -0.161. The first kappa shape index (κ1) is 74.0. The van der Waals surface area contributed by atoms with Crippen molar-refractivity contribution >= 4 is 11.9 Å². The standard InChI is InChI=1S/C73H122O5/c1-3-5-7-9-11-13-15-17-19-21-23-25-27-29-31-33-35-36-38-39-41-43-45-47-49-51-53-55-57-59-61-63-65-67-72(75)77-70-71(69-74)78-73(76)68-66-64-62-60-58-56-54-52-50-48-46-44-42-40-37-34-32-30-28-26-24-22-20-18-16-14-12-10-8-6-4-2/h5-8,11-14,17-20,23-26,29-32,37,40,71,74H,3-4,9-10,15-16,21-22,27-28,33-36,38-39,41-70H2,1-2H3/b7-5-,8-6-,13-11-,14-12-,19-17-,20-18-,25-23-,26-24-,31-29-,32-30-,40-37-. The zero-order chi connectivity index (χ0) is 56.2. The van der Waals surface area contributed by atoms with E-state index in [0.29, 0.717) is 12.8 Å². The van der Waals surface area contributed by atoms with Gasteiger partial charge in [0, 0.05) is 12.8 Å². The number of esters is 2. The molecule has 78 heavy (non-hydrogen) atoms. The van der Waals surface area contributed by atoms with Gasteiger partial charge in [-0.25, -0.2) is 0 Å². The predicted octanol–water partition coefficient (Wildman–Crippen LogP) is 22.8. The molecule has 5 heteroatoms. The number of hydrogen-bond acceptors (Lipinski definition) is 5. The summed E-state index contributed by atoms with van der Waals surface area (Å²) in [6, 6.07) is 0. The van der Waals surface area contributed by atoms with E-state index in [4.69, 9.17) is 9.47 Å². The van der Waals surface area contributed by atoms with Gasteiger partial charge >= 0.3 is 11.9 Å². The Morgan fingerprint density at radius 1 is 0.295 bits per heavy atom. The number of rotatable bonds is 59. The molecule has 0 fully saturated rings. The molecule has 0 saturated carbocycles. The van der Waals surface area contributed by atoms with E-state index in [1.54, 1.807) is 0 Å². The smallest absolute Gasteiger partial charge is 0.306 e. The number of ether oxygens (including phenoxy) is 2. The summed E-state index contributed by atoms with van der Waals surface area (Å²) < 4.78 is 10.7. The minimum absolute atomic E-state index is 0.0706. The van der Waals surface area contributed by atoms with Crippen LogP contribution in [0, 0.1) is 0 Å². The zero-order valence-corrected chi connectivity index (χ0v) is 50.9. The van der Waals surface area contributed by atoms with E-state index in [0.717, 1.165) is 109 Å². The molecule has 0 amide bonds. The number of aliphatic hydroxyl groups is 1. The van der Waals surface area contributed by atoms with Gasteiger partial charge in [-0.1, -0.05) is 308 Å². The van der Waals surface area contributed by atoms with Gasteiger partial charge in [0.2, 0.25) is 0 Å². The maximum absolute atomic E-state index is 12.4. The Bertz CT molecular complexity index is 1600. The summed E-state index contributed by atoms with van der Waals surface area (Å²) >= 11 is 0. The Hall–Kier alpha value is -3.96. The van der Waals surface area contributed by atoms with E-state index < -0.39 is 6.10 Å². The fourth-order valence-electron chi connectivity index (χ4n) is 9.12. The fraction of sp³-hybridized carbons (Fsp3) is 0.671. The molecule has 0 aliphatic carbocycles. The van der Waals surface area contributed by atoms with Crippen LogP contribution in [0.15, 0.2) is 134 Å².